The normalized spacial score (nSPS) is 15.2. The van der Waals surface area contributed by atoms with E-state index >= 15 is 0 Å². The number of aryl methyl sites for hydroxylation is 1. The smallest absolute Gasteiger partial charge is 0.231 e. The minimum atomic E-state index is -0.00514. The Kier molecular flexibility index (Phi) is 3.31. The van der Waals surface area contributed by atoms with Gasteiger partial charge in [0.1, 0.15) is 0 Å². The second-order valence-corrected chi connectivity index (χ2v) is 3.98. The molecule has 4 heteroatoms. The zero-order valence-corrected chi connectivity index (χ0v) is 9.75. The molecule has 1 heterocycles. The molecule has 0 bridgehead atoms. The Morgan fingerprint density at radius 3 is 2.75 bits per heavy atom. The van der Waals surface area contributed by atoms with Crippen molar-refractivity contribution in [3.63, 3.8) is 0 Å². The summed E-state index contributed by atoms with van der Waals surface area (Å²) >= 11 is 0. The molecular weight excluding hydrogens is 204 g/mol. The highest BCUT2D eigenvalue weighted by molar-refractivity contribution is 5.49. The quantitative estimate of drug-likeness (QED) is 0.807. The van der Waals surface area contributed by atoms with Gasteiger partial charge in [-0.25, -0.2) is 0 Å². The molecule has 1 unspecified atom stereocenters. The highest BCUT2D eigenvalue weighted by atomic mass is 16.7. The molecule has 16 heavy (non-hydrogen) atoms. The summed E-state index contributed by atoms with van der Waals surface area (Å²) in [4.78, 5) is 0. The van der Waals surface area contributed by atoms with E-state index in [9.17, 15) is 0 Å². The van der Waals surface area contributed by atoms with Crippen LogP contribution in [-0.2, 0) is 0 Å². The third kappa shape index (κ3) is 2.13. The van der Waals surface area contributed by atoms with Gasteiger partial charge < -0.3 is 20.5 Å². The largest absolute Gasteiger partial charge is 0.454 e. The zero-order chi connectivity index (χ0) is 11.5. The van der Waals surface area contributed by atoms with Crippen molar-refractivity contribution in [1.29, 1.82) is 0 Å². The SMILES string of the molecule is CCNCC(N)c1cc2c(cc1C)OCO2. The van der Waals surface area contributed by atoms with Gasteiger partial charge in [0.2, 0.25) is 6.79 Å². The van der Waals surface area contributed by atoms with Crippen molar-refractivity contribution >= 4 is 0 Å². The fourth-order valence-corrected chi connectivity index (χ4v) is 1.87. The number of hydrogen-bond acceptors (Lipinski definition) is 4. The zero-order valence-electron chi connectivity index (χ0n) is 9.75. The van der Waals surface area contributed by atoms with Gasteiger partial charge in [0.25, 0.3) is 0 Å². The summed E-state index contributed by atoms with van der Waals surface area (Å²) < 4.78 is 10.7. The number of ether oxygens (including phenoxy) is 2. The van der Waals surface area contributed by atoms with E-state index in [0.717, 1.165) is 35.7 Å². The maximum absolute atomic E-state index is 6.12. The number of hydrogen-bond donors (Lipinski definition) is 2. The van der Waals surface area contributed by atoms with Crippen molar-refractivity contribution < 1.29 is 9.47 Å². The molecule has 0 fully saturated rings. The standard InChI is InChI=1S/C12H18N2O2/c1-3-14-6-10(13)9-5-12-11(4-8(9)2)15-7-16-12/h4-5,10,14H,3,6-7,13H2,1-2H3. The van der Waals surface area contributed by atoms with E-state index in [2.05, 4.69) is 12.2 Å². The molecule has 0 spiro atoms. The molecule has 0 radical (unpaired) electrons. The number of nitrogens with one attached hydrogen (secondary N) is 1. The topological polar surface area (TPSA) is 56.5 Å². The van der Waals surface area contributed by atoms with Crippen LogP contribution in [0.2, 0.25) is 0 Å². The second-order valence-electron chi connectivity index (χ2n) is 3.98. The van der Waals surface area contributed by atoms with Crippen LogP contribution in [0, 0.1) is 6.92 Å². The van der Waals surface area contributed by atoms with Gasteiger partial charge >= 0.3 is 0 Å². The lowest BCUT2D eigenvalue weighted by molar-refractivity contribution is 0.174. The average molecular weight is 222 g/mol. The van der Waals surface area contributed by atoms with Crippen LogP contribution in [0.1, 0.15) is 24.1 Å². The molecule has 0 saturated carbocycles. The Bertz CT molecular complexity index is 380. The first-order chi connectivity index (χ1) is 7.72. The van der Waals surface area contributed by atoms with E-state index in [4.69, 9.17) is 15.2 Å². The van der Waals surface area contributed by atoms with Gasteiger partial charge in [0, 0.05) is 12.6 Å². The summed E-state index contributed by atoms with van der Waals surface area (Å²) in [6.07, 6.45) is 0. The molecule has 1 aromatic carbocycles. The second kappa shape index (κ2) is 4.72. The number of fused-ring (bicyclic) bond motifs is 1. The predicted molar refractivity (Wildman–Crippen MR) is 62.8 cm³/mol. The van der Waals surface area contributed by atoms with Crippen molar-refractivity contribution in [1.82, 2.24) is 5.32 Å². The van der Waals surface area contributed by atoms with Crippen molar-refractivity contribution in [3.8, 4) is 11.5 Å². The maximum atomic E-state index is 6.12. The summed E-state index contributed by atoms with van der Waals surface area (Å²) in [5.41, 5.74) is 8.38. The fraction of sp³-hybridized carbons (Fsp3) is 0.500. The first kappa shape index (κ1) is 11.2. The van der Waals surface area contributed by atoms with Crippen LogP contribution in [-0.4, -0.2) is 19.9 Å². The maximum Gasteiger partial charge on any atom is 0.231 e. The Morgan fingerprint density at radius 1 is 1.38 bits per heavy atom. The first-order valence-electron chi connectivity index (χ1n) is 5.58. The van der Waals surface area contributed by atoms with E-state index in [1.54, 1.807) is 0 Å². The average Bonchev–Trinajstić information content (AvgIpc) is 2.71. The minimum absolute atomic E-state index is 0.00514. The van der Waals surface area contributed by atoms with Crippen LogP contribution in [0.5, 0.6) is 11.5 Å². The van der Waals surface area contributed by atoms with E-state index < -0.39 is 0 Å². The molecule has 0 aromatic heterocycles. The van der Waals surface area contributed by atoms with Crippen molar-refractivity contribution in [2.45, 2.75) is 19.9 Å². The number of rotatable bonds is 4. The monoisotopic (exact) mass is 222 g/mol. The van der Waals surface area contributed by atoms with Gasteiger partial charge in [-0.05, 0) is 36.7 Å². The molecule has 1 aromatic rings. The molecule has 88 valence electrons. The summed E-state index contributed by atoms with van der Waals surface area (Å²) in [7, 11) is 0. The molecule has 1 aliphatic heterocycles. The van der Waals surface area contributed by atoms with Gasteiger partial charge in [-0.1, -0.05) is 6.92 Å². The molecule has 1 aliphatic rings. The van der Waals surface area contributed by atoms with E-state index in [1.807, 2.05) is 19.1 Å². The molecule has 0 aliphatic carbocycles. The van der Waals surface area contributed by atoms with E-state index in [-0.39, 0.29) is 6.04 Å². The van der Waals surface area contributed by atoms with E-state index in [0.29, 0.717) is 6.79 Å². The lowest BCUT2D eigenvalue weighted by atomic mass is 10.0. The van der Waals surface area contributed by atoms with Gasteiger partial charge in [-0.2, -0.15) is 0 Å². The van der Waals surface area contributed by atoms with Crippen molar-refractivity contribution in [2.24, 2.45) is 5.73 Å². The number of nitrogens with two attached hydrogens (primary N) is 1. The van der Waals surface area contributed by atoms with Crippen molar-refractivity contribution in [3.05, 3.63) is 23.3 Å². The van der Waals surface area contributed by atoms with Crippen LogP contribution in [0.3, 0.4) is 0 Å². The van der Waals surface area contributed by atoms with Crippen LogP contribution >= 0.6 is 0 Å². The van der Waals surface area contributed by atoms with Gasteiger partial charge in [-0.15, -0.1) is 0 Å². The molecule has 2 rings (SSSR count). The Hall–Kier alpha value is -1.26. The third-order valence-electron chi connectivity index (χ3n) is 2.77. The lowest BCUT2D eigenvalue weighted by Gasteiger charge is -2.15. The highest BCUT2D eigenvalue weighted by Gasteiger charge is 2.18. The molecule has 4 nitrogen and oxygen atoms in total. The summed E-state index contributed by atoms with van der Waals surface area (Å²) in [6.45, 7) is 6.12. The fourth-order valence-electron chi connectivity index (χ4n) is 1.87. The van der Waals surface area contributed by atoms with Crippen LogP contribution < -0.4 is 20.5 Å². The van der Waals surface area contributed by atoms with Gasteiger partial charge in [-0.3, -0.25) is 0 Å². The van der Waals surface area contributed by atoms with Crippen molar-refractivity contribution in [2.75, 3.05) is 19.9 Å². The van der Waals surface area contributed by atoms with Crippen LogP contribution in [0.4, 0.5) is 0 Å². The Labute approximate surface area is 95.7 Å². The molecule has 0 saturated heterocycles. The number of benzene rings is 1. The third-order valence-corrected chi connectivity index (χ3v) is 2.77. The van der Waals surface area contributed by atoms with E-state index in [1.165, 1.54) is 0 Å². The molecular formula is C12H18N2O2. The predicted octanol–water partition coefficient (Wildman–Crippen LogP) is 1.33. The summed E-state index contributed by atoms with van der Waals surface area (Å²) in [5, 5.41) is 3.24. The Morgan fingerprint density at radius 2 is 2.06 bits per heavy atom. The highest BCUT2D eigenvalue weighted by Crippen LogP contribution is 2.35. The van der Waals surface area contributed by atoms with Crippen LogP contribution in [0.25, 0.3) is 0 Å². The molecule has 0 amide bonds. The lowest BCUT2D eigenvalue weighted by Crippen LogP contribution is -2.27. The Balaban J connectivity index is 2.20. The number of likely N-dealkylation sites (N-methyl/N-ethyl adjacent to an activating group) is 1. The molecule has 3 N–H and O–H groups in total. The summed E-state index contributed by atoms with van der Waals surface area (Å²) in [5.74, 6) is 1.62. The summed E-state index contributed by atoms with van der Waals surface area (Å²) in [6, 6.07) is 3.97. The van der Waals surface area contributed by atoms with Gasteiger partial charge in [0.05, 0.1) is 0 Å². The first-order valence-corrected chi connectivity index (χ1v) is 5.58. The van der Waals surface area contributed by atoms with Crippen LogP contribution in [0.15, 0.2) is 12.1 Å². The molecule has 1 atom stereocenters. The van der Waals surface area contributed by atoms with Gasteiger partial charge in [0.15, 0.2) is 11.5 Å². The minimum Gasteiger partial charge on any atom is -0.454 e.